The minimum Gasteiger partial charge on any atom is -0.310 e. The molecular formula is C55H40N2S. The van der Waals surface area contributed by atoms with Crippen LogP contribution in [-0.4, -0.2) is 17.1 Å². The van der Waals surface area contributed by atoms with Crippen LogP contribution in [0, 0.1) is 0 Å². The zero-order valence-corrected chi connectivity index (χ0v) is 33.2. The van der Waals surface area contributed by atoms with Gasteiger partial charge in [-0.25, -0.2) is 0 Å². The topological polar surface area (TPSA) is 8.17 Å². The maximum Gasteiger partial charge on any atom is 0.0734 e. The van der Waals surface area contributed by atoms with Gasteiger partial charge in [-0.05, 0) is 122 Å². The predicted molar refractivity (Wildman–Crippen MR) is 246 cm³/mol. The average Bonchev–Trinajstić information content (AvgIpc) is 3.61. The van der Waals surface area contributed by atoms with E-state index >= 15 is 0 Å². The fourth-order valence-corrected chi connectivity index (χ4v) is 13.1. The maximum atomic E-state index is 2.54. The Labute approximate surface area is 340 Å². The Kier molecular flexibility index (Phi) is 7.10. The Balaban J connectivity index is 1.15. The molecule has 10 aromatic rings. The van der Waals surface area contributed by atoms with Gasteiger partial charge in [0.15, 0.2) is 0 Å². The summed E-state index contributed by atoms with van der Waals surface area (Å²) in [6.45, 7) is 0. The Morgan fingerprint density at radius 2 is 1.02 bits per heavy atom. The summed E-state index contributed by atoms with van der Waals surface area (Å²) in [7, 11) is -1.47. The molecule has 58 heavy (non-hydrogen) atoms. The van der Waals surface area contributed by atoms with Crippen LogP contribution in [0.3, 0.4) is 0 Å². The van der Waals surface area contributed by atoms with Crippen molar-refractivity contribution in [3.05, 3.63) is 229 Å². The summed E-state index contributed by atoms with van der Waals surface area (Å²) in [5.41, 5.74) is 14.6. The first-order valence-electron chi connectivity index (χ1n) is 20.1. The van der Waals surface area contributed by atoms with Crippen molar-refractivity contribution < 1.29 is 0 Å². The molecule has 0 saturated heterocycles. The Morgan fingerprint density at radius 3 is 1.86 bits per heavy atom. The molecule has 2 nitrogen and oxygen atoms in total. The summed E-state index contributed by atoms with van der Waals surface area (Å²) in [5.74, 6) is 0. The molecular weight excluding hydrogens is 721 g/mol. The van der Waals surface area contributed by atoms with E-state index in [1.165, 1.54) is 75.7 Å². The third-order valence-corrected chi connectivity index (χ3v) is 15.8. The zero-order valence-electron chi connectivity index (χ0n) is 32.4. The van der Waals surface area contributed by atoms with Crippen molar-refractivity contribution in [2.75, 3.05) is 17.4 Å². The number of aromatic nitrogens is 1. The molecule has 0 saturated carbocycles. The Hall–Kier alpha value is -6.81. The first kappa shape index (κ1) is 33.3. The number of fused-ring (bicyclic) bond motifs is 11. The van der Waals surface area contributed by atoms with Gasteiger partial charge in [-0.15, -0.1) is 0 Å². The standard InChI is InChI=1S/C55H40N2S/c1-58(2)52-30-14-12-27-47(52)55(46-26-11-9-23-42(46)45-25-15-17-37-18-16-28-49(55)54(37)45)48-34-32-41(36-53(48)58)56(38-19-5-3-6-20-38)40-31-33-44-43-24-10-13-29-50(43)57(51(44)35-40)39-21-7-4-8-22-39/h3-36H,1-2H3. The molecule has 1 atom stereocenters. The van der Waals surface area contributed by atoms with E-state index in [1.54, 1.807) is 0 Å². The van der Waals surface area contributed by atoms with Crippen LogP contribution in [0.15, 0.2) is 216 Å². The molecule has 12 rings (SSSR count). The van der Waals surface area contributed by atoms with Crippen LogP contribution in [0.5, 0.6) is 0 Å². The SMILES string of the molecule is CS1(C)c2ccccc2C2(c3ccccc3-c3cccc4cccc2c34)c2ccc(N(c3ccccc3)c3ccc4c5ccccc5n(-c5ccccc5)c4c3)cc21. The largest absolute Gasteiger partial charge is 0.310 e. The van der Waals surface area contributed by atoms with Crippen molar-refractivity contribution in [1.82, 2.24) is 4.57 Å². The smallest absolute Gasteiger partial charge is 0.0734 e. The minimum atomic E-state index is -1.47. The van der Waals surface area contributed by atoms with Gasteiger partial charge < -0.3 is 9.47 Å². The summed E-state index contributed by atoms with van der Waals surface area (Å²) in [6, 6.07) is 77.1. The molecule has 0 amide bonds. The highest BCUT2D eigenvalue weighted by molar-refractivity contribution is 8.32. The highest BCUT2D eigenvalue weighted by atomic mass is 32.3. The van der Waals surface area contributed by atoms with Crippen molar-refractivity contribution in [1.29, 1.82) is 0 Å². The fraction of sp³-hybridized carbons (Fsp3) is 0.0545. The zero-order chi connectivity index (χ0) is 38.6. The van der Waals surface area contributed by atoms with E-state index in [0.29, 0.717) is 0 Å². The molecule has 3 heteroatoms. The average molecular weight is 761 g/mol. The van der Waals surface area contributed by atoms with E-state index in [1.807, 2.05) is 0 Å². The van der Waals surface area contributed by atoms with Crippen LogP contribution >= 0.6 is 10.0 Å². The third kappa shape index (κ3) is 4.45. The van der Waals surface area contributed by atoms with E-state index in [-0.39, 0.29) is 0 Å². The second-order valence-corrected chi connectivity index (χ2v) is 19.6. The lowest BCUT2D eigenvalue weighted by molar-refractivity contribution is 0.703. The van der Waals surface area contributed by atoms with Gasteiger partial charge in [0.25, 0.3) is 0 Å². The van der Waals surface area contributed by atoms with Crippen LogP contribution in [0.2, 0.25) is 0 Å². The normalized spacial score (nSPS) is 16.5. The highest BCUT2D eigenvalue weighted by Crippen LogP contribution is 2.70. The molecule has 1 spiro atoms. The number of nitrogens with zero attached hydrogens (tertiary/aromatic N) is 2. The van der Waals surface area contributed by atoms with Crippen LogP contribution in [0.4, 0.5) is 17.1 Å². The van der Waals surface area contributed by atoms with Crippen LogP contribution in [-0.2, 0) is 5.41 Å². The number of para-hydroxylation sites is 3. The molecule has 2 heterocycles. The van der Waals surface area contributed by atoms with Gasteiger partial charge in [0.1, 0.15) is 0 Å². The molecule has 1 unspecified atom stereocenters. The summed E-state index contributed by atoms with van der Waals surface area (Å²) in [4.78, 5) is 5.33. The number of benzene rings is 9. The molecule has 276 valence electrons. The molecule has 9 aromatic carbocycles. The quantitative estimate of drug-likeness (QED) is 0.173. The number of hydrogen-bond donors (Lipinski definition) is 0. The van der Waals surface area contributed by atoms with Crippen molar-refractivity contribution in [3.8, 4) is 16.8 Å². The van der Waals surface area contributed by atoms with Gasteiger partial charge in [-0.1, -0.05) is 146 Å². The number of hydrogen-bond acceptors (Lipinski definition) is 1. The van der Waals surface area contributed by atoms with Gasteiger partial charge in [0.05, 0.1) is 16.4 Å². The van der Waals surface area contributed by atoms with Crippen LogP contribution in [0.25, 0.3) is 49.4 Å². The van der Waals surface area contributed by atoms with Gasteiger partial charge >= 0.3 is 0 Å². The van der Waals surface area contributed by atoms with Gasteiger partial charge in [0.2, 0.25) is 0 Å². The monoisotopic (exact) mass is 760 g/mol. The summed E-state index contributed by atoms with van der Waals surface area (Å²) < 4.78 is 2.41. The summed E-state index contributed by atoms with van der Waals surface area (Å²) >= 11 is 0. The Bertz CT molecular complexity index is 3260. The molecule has 1 aliphatic heterocycles. The van der Waals surface area contributed by atoms with E-state index in [0.717, 1.165) is 22.7 Å². The third-order valence-electron chi connectivity index (χ3n) is 12.9. The van der Waals surface area contributed by atoms with Gasteiger partial charge in [0, 0.05) is 38.4 Å². The van der Waals surface area contributed by atoms with Crippen molar-refractivity contribution in [2.45, 2.75) is 15.2 Å². The predicted octanol–water partition coefficient (Wildman–Crippen LogP) is 14.6. The minimum absolute atomic E-state index is 0.482. The molecule has 0 bridgehead atoms. The van der Waals surface area contributed by atoms with Crippen molar-refractivity contribution >= 4 is 59.7 Å². The van der Waals surface area contributed by atoms with E-state index < -0.39 is 15.4 Å². The number of rotatable bonds is 4. The van der Waals surface area contributed by atoms with Gasteiger partial charge in [-0.3, -0.25) is 0 Å². The van der Waals surface area contributed by atoms with Crippen molar-refractivity contribution in [3.63, 3.8) is 0 Å². The summed E-state index contributed by atoms with van der Waals surface area (Å²) in [5, 5.41) is 5.15. The molecule has 2 aliphatic rings. The van der Waals surface area contributed by atoms with E-state index in [9.17, 15) is 0 Å². The molecule has 0 radical (unpaired) electrons. The molecule has 0 fully saturated rings. The maximum absolute atomic E-state index is 2.54. The van der Waals surface area contributed by atoms with Gasteiger partial charge in [-0.2, -0.15) is 10.0 Å². The first-order chi connectivity index (χ1) is 28.5. The van der Waals surface area contributed by atoms with Crippen molar-refractivity contribution in [2.24, 2.45) is 0 Å². The molecule has 0 N–H and O–H groups in total. The lowest BCUT2D eigenvalue weighted by Crippen LogP contribution is -2.38. The van der Waals surface area contributed by atoms with E-state index in [4.69, 9.17) is 0 Å². The molecule has 1 aromatic heterocycles. The number of anilines is 3. The fourth-order valence-electron chi connectivity index (χ4n) is 10.5. The van der Waals surface area contributed by atoms with Crippen LogP contribution in [0.1, 0.15) is 22.3 Å². The first-order valence-corrected chi connectivity index (χ1v) is 22.5. The lowest BCUT2D eigenvalue weighted by Gasteiger charge is -2.52. The second-order valence-electron chi connectivity index (χ2n) is 16.1. The highest BCUT2D eigenvalue weighted by Gasteiger charge is 2.51. The second kappa shape index (κ2) is 12.3. The Morgan fingerprint density at radius 1 is 0.414 bits per heavy atom. The summed E-state index contributed by atoms with van der Waals surface area (Å²) in [6.07, 6.45) is 5.00. The van der Waals surface area contributed by atoms with E-state index in [2.05, 4.69) is 228 Å². The van der Waals surface area contributed by atoms with Crippen LogP contribution < -0.4 is 4.90 Å². The lowest BCUT2D eigenvalue weighted by atomic mass is 9.59. The molecule has 1 aliphatic carbocycles.